The van der Waals surface area contributed by atoms with Crippen LogP contribution in [-0.2, 0) is 18.9 Å². The molecule has 1 spiro atoms. The van der Waals surface area contributed by atoms with Gasteiger partial charge in [-0.05, 0) is 117 Å². The number of nitriles is 1. The Balaban J connectivity index is 1.11. The van der Waals surface area contributed by atoms with E-state index in [1.165, 1.54) is 16.7 Å². The quantitative estimate of drug-likeness (QED) is 0.221. The predicted molar refractivity (Wildman–Crippen MR) is 195 cm³/mol. The van der Waals surface area contributed by atoms with Crippen molar-refractivity contribution in [2.45, 2.75) is 133 Å². The van der Waals surface area contributed by atoms with Crippen molar-refractivity contribution >= 4 is 0 Å². The molecule has 2 aromatic carbocycles. The topological polar surface area (TPSA) is 101 Å². The van der Waals surface area contributed by atoms with Crippen molar-refractivity contribution < 1.29 is 29.2 Å². The second kappa shape index (κ2) is 13.4. The molecule has 7 heteroatoms. The minimum absolute atomic E-state index is 0.0256. The summed E-state index contributed by atoms with van der Waals surface area (Å²) in [5.41, 5.74) is 4.76. The van der Waals surface area contributed by atoms with E-state index in [4.69, 9.17) is 18.9 Å². The van der Waals surface area contributed by atoms with Gasteiger partial charge in [0.15, 0.2) is 12.1 Å². The van der Waals surface area contributed by atoms with Crippen molar-refractivity contribution in [2.75, 3.05) is 26.4 Å². The van der Waals surface area contributed by atoms with Crippen LogP contribution in [0.5, 0.6) is 0 Å². The molecule has 0 aromatic heterocycles. The van der Waals surface area contributed by atoms with E-state index in [0.717, 1.165) is 88.4 Å². The van der Waals surface area contributed by atoms with Crippen LogP contribution in [0.25, 0.3) is 11.1 Å². The largest absolute Gasteiger partial charge is 0.389 e. The van der Waals surface area contributed by atoms with Crippen molar-refractivity contribution in [3.8, 4) is 17.2 Å². The Kier molecular flexibility index (Phi) is 9.30. The lowest BCUT2D eigenvalue weighted by Gasteiger charge is -2.58. The van der Waals surface area contributed by atoms with Crippen LogP contribution in [0.15, 0.2) is 59.7 Å². The number of hydrogen-bond acceptors (Lipinski definition) is 7. The number of aliphatic hydroxyl groups is 2. The van der Waals surface area contributed by atoms with E-state index in [1.807, 2.05) is 24.3 Å². The molecule has 7 nitrogen and oxygen atoms in total. The highest BCUT2D eigenvalue weighted by molar-refractivity contribution is 5.65. The third-order valence-electron chi connectivity index (χ3n) is 14.0. The highest BCUT2D eigenvalue weighted by Gasteiger charge is 2.64. The van der Waals surface area contributed by atoms with Gasteiger partial charge >= 0.3 is 0 Å². The van der Waals surface area contributed by atoms with E-state index in [0.29, 0.717) is 50.1 Å². The summed E-state index contributed by atoms with van der Waals surface area (Å²) in [5.74, 6) is 0.0706. The summed E-state index contributed by atoms with van der Waals surface area (Å²) in [7, 11) is 0. The van der Waals surface area contributed by atoms with Crippen molar-refractivity contribution in [2.24, 2.45) is 22.7 Å². The average molecular weight is 696 g/mol. The second-order valence-electron chi connectivity index (χ2n) is 17.9. The van der Waals surface area contributed by atoms with Gasteiger partial charge in [-0.1, -0.05) is 62.7 Å². The molecule has 2 aromatic rings. The Hall–Kier alpha value is -2.57. The third kappa shape index (κ3) is 6.43. The van der Waals surface area contributed by atoms with Gasteiger partial charge in [0.05, 0.1) is 36.0 Å². The molecule has 51 heavy (non-hydrogen) atoms. The lowest BCUT2D eigenvalue weighted by Crippen LogP contribution is -2.58. The predicted octanol–water partition coefficient (Wildman–Crippen LogP) is 8.57. The van der Waals surface area contributed by atoms with E-state index < -0.39 is 17.0 Å². The molecule has 8 rings (SSSR count). The molecule has 0 radical (unpaired) electrons. The fraction of sp³-hybridized carbons (Fsp3) is 0.659. The van der Waals surface area contributed by atoms with Crippen LogP contribution in [0.4, 0.5) is 0 Å². The number of hydrogen-bond donors (Lipinski definition) is 2. The fourth-order valence-electron chi connectivity index (χ4n) is 11.1. The van der Waals surface area contributed by atoms with Gasteiger partial charge in [-0.3, -0.25) is 0 Å². The molecular weight excluding hydrogens is 638 g/mol. The van der Waals surface area contributed by atoms with Gasteiger partial charge in [-0.25, -0.2) is 0 Å². The van der Waals surface area contributed by atoms with E-state index in [1.54, 1.807) is 0 Å². The van der Waals surface area contributed by atoms with Crippen molar-refractivity contribution in [1.29, 1.82) is 5.26 Å². The van der Waals surface area contributed by atoms with Gasteiger partial charge in [0.25, 0.3) is 0 Å². The number of nitrogens with zero attached hydrogens (tertiary/aromatic N) is 1. The Bertz CT molecular complexity index is 1640. The normalized spacial score (nSPS) is 36.9. The van der Waals surface area contributed by atoms with Crippen molar-refractivity contribution in [1.82, 2.24) is 0 Å². The molecule has 2 N–H and O–H groups in total. The molecule has 4 aliphatic carbocycles. The fourth-order valence-corrected chi connectivity index (χ4v) is 11.1. The van der Waals surface area contributed by atoms with Crippen LogP contribution >= 0.6 is 0 Å². The minimum Gasteiger partial charge on any atom is -0.389 e. The summed E-state index contributed by atoms with van der Waals surface area (Å²) in [6.07, 6.45) is 11.0. The Morgan fingerprint density at radius 1 is 0.882 bits per heavy atom. The second-order valence-corrected chi connectivity index (χ2v) is 17.9. The zero-order chi connectivity index (χ0) is 35.5. The van der Waals surface area contributed by atoms with E-state index in [9.17, 15) is 15.5 Å². The number of ether oxygens (including phenoxy) is 4. The Morgan fingerprint density at radius 2 is 1.61 bits per heavy atom. The molecule has 5 fully saturated rings. The molecule has 6 aliphatic rings. The number of allylic oxidation sites excluding steroid dienone is 1. The minimum atomic E-state index is -0.951. The highest BCUT2D eigenvalue weighted by atomic mass is 16.7. The number of rotatable bonds is 7. The summed E-state index contributed by atoms with van der Waals surface area (Å²) in [4.78, 5) is 0. The van der Waals surface area contributed by atoms with E-state index in [-0.39, 0.29) is 23.0 Å². The smallest absolute Gasteiger partial charge is 0.171 e. The monoisotopic (exact) mass is 695 g/mol. The number of fused-ring (bicyclic) bond motifs is 4. The van der Waals surface area contributed by atoms with Gasteiger partial charge in [0, 0.05) is 42.8 Å². The maximum atomic E-state index is 12.7. The first-order chi connectivity index (χ1) is 24.5. The highest BCUT2D eigenvalue weighted by Crippen LogP contribution is 2.68. The van der Waals surface area contributed by atoms with Crippen LogP contribution in [0.1, 0.15) is 121 Å². The third-order valence-corrected chi connectivity index (χ3v) is 14.0. The Morgan fingerprint density at radius 3 is 2.29 bits per heavy atom. The standard InChI is InChI=1S/C44H57NO6/c1-40(2)28-50-44(51-29-40)22-18-37-39-34(16-20-42(37,46)27-44)36-17-21-43(47,19-6-24-49-38-7-4-5-23-48-38)41(36,3)25-35(39)33-14-12-32(13-15-33)31-10-8-30(26-45)9-11-31/h8-15,34-36,38,46-47H,4-7,16-25,27-29H2,1-3H3/t34-,35+,36-,38?,41+,42+,43+/m0/s1. The summed E-state index contributed by atoms with van der Waals surface area (Å²) in [5, 5.41) is 34.6. The van der Waals surface area contributed by atoms with Crippen molar-refractivity contribution in [3.63, 3.8) is 0 Å². The van der Waals surface area contributed by atoms with Gasteiger partial charge in [0.2, 0.25) is 0 Å². The SMILES string of the molecule is CC1(C)COC2(CCC3=C4[C@@H](CC[C@@]3(O)C2)[C@@H]2CC[C@](O)(CCCOC3CCCCO3)[C@]2(C)C[C@@H]4c2ccc(-c3ccc(C#N)cc3)cc2)OC1. The summed E-state index contributed by atoms with van der Waals surface area (Å²) in [6, 6.07) is 18.9. The summed E-state index contributed by atoms with van der Waals surface area (Å²) < 4.78 is 24.9. The van der Waals surface area contributed by atoms with Crippen LogP contribution < -0.4 is 0 Å². The van der Waals surface area contributed by atoms with E-state index in [2.05, 4.69) is 51.1 Å². The van der Waals surface area contributed by atoms with E-state index >= 15 is 0 Å². The van der Waals surface area contributed by atoms with Crippen molar-refractivity contribution in [3.05, 3.63) is 70.8 Å². The number of benzene rings is 2. The van der Waals surface area contributed by atoms with Crippen LogP contribution in [0.2, 0.25) is 0 Å². The van der Waals surface area contributed by atoms with Gasteiger partial charge in [0.1, 0.15) is 0 Å². The lowest BCUT2D eigenvalue weighted by atomic mass is 9.49. The van der Waals surface area contributed by atoms with Crippen LogP contribution in [0, 0.1) is 34.0 Å². The van der Waals surface area contributed by atoms with Crippen LogP contribution in [0.3, 0.4) is 0 Å². The maximum absolute atomic E-state index is 12.7. The Labute approximate surface area is 304 Å². The lowest BCUT2D eigenvalue weighted by molar-refractivity contribution is -0.322. The average Bonchev–Trinajstić information content (AvgIpc) is 3.41. The summed E-state index contributed by atoms with van der Waals surface area (Å²) >= 11 is 0. The molecule has 2 heterocycles. The molecule has 0 amide bonds. The molecule has 0 bridgehead atoms. The zero-order valence-electron chi connectivity index (χ0n) is 30.9. The first-order valence-corrected chi connectivity index (χ1v) is 19.8. The summed E-state index contributed by atoms with van der Waals surface area (Å²) in [6.45, 7) is 9.39. The van der Waals surface area contributed by atoms with Gasteiger partial charge in [-0.15, -0.1) is 0 Å². The first-order valence-electron chi connectivity index (χ1n) is 19.8. The molecule has 3 saturated carbocycles. The van der Waals surface area contributed by atoms with Crippen LogP contribution in [-0.4, -0.2) is 59.9 Å². The molecular formula is C44H57NO6. The molecule has 2 saturated heterocycles. The van der Waals surface area contributed by atoms with Gasteiger partial charge < -0.3 is 29.2 Å². The first kappa shape index (κ1) is 35.5. The molecule has 1 unspecified atom stereocenters. The van der Waals surface area contributed by atoms with Gasteiger partial charge in [-0.2, -0.15) is 5.26 Å². The molecule has 2 aliphatic heterocycles. The maximum Gasteiger partial charge on any atom is 0.171 e. The molecule has 7 atom stereocenters. The molecule has 274 valence electrons. The zero-order valence-corrected chi connectivity index (χ0v) is 30.9.